The Morgan fingerprint density at radius 1 is 1.03 bits per heavy atom. The summed E-state index contributed by atoms with van der Waals surface area (Å²) in [5.74, 6) is 1.46. The Kier molecular flexibility index (Phi) is 7.41. The van der Waals surface area contributed by atoms with Gasteiger partial charge >= 0.3 is 5.97 Å². The number of amides is 2. The first-order chi connectivity index (χ1) is 14.8. The number of esters is 1. The quantitative estimate of drug-likeness (QED) is 0.581. The van der Waals surface area contributed by atoms with Crippen LogP contribution in [0.25, 0.3) is 0 Å². The van der Waals surface area contributed by atoms with Gasteiger partial charge in [0.1, 0.15) is 18.0 Å². The van der Waals surface area contributed by atoms with Crippen molar-refractivity contribution in [1.29, 1.82) is 0 Å². The van der Waals surface area contributed by atoms with Crippen molar-refractivity contribution >= 4 is 17.8 Å². The minimum absolute atomic E-state index is 0.0618. The first kappa shape index (κ1) is 22.9. The van der Waals surface area contributed by atoms with Crippen molar-refractivity contribution in [1.82, 2.24) is 10.6 Å². The lowest BCUT2D eigenvalue weighted by Gasteiger charge is -2.29. The number of nitrogens with one attached hydrogen (secondary N) is 2. The van der Waals surface area contributed by atoms with E-state index in [1.165, 1.54) is 59.0 Å². The normalized spacial score (nSPS) is 23.5. The maximum atomic E-state index is 12.4. The number of hydrogen-bond donors (Lipinski definition) is 2. The van der Waals surface area contributed by atoms with Crippen LogP contribution in [-0.4, -0.2) is 50.7 Å². The smallest absolute Gasteiger partial charge is 0.326 e. The van der Waals surface area contributed by atoms with Crippen LogP contribution in [0.4, 0.5) is 0 Å². The van der Waals surface area contributed by atoms with E-state index in [0.29, 0.717) is 23.3 Å². The molecule has 2 fully saturated rings. The summed E-state index contributed by atoms with van der Waals surface area (Å²) in [5.41, 5.74) is 0.287. The third-order valence-corrected chi connectivity index (χ3v) is 6.49. The Bertz CT molecular complexity index is 804. The summed E-state index contributed by atoms with van der Waals surface area (Å²) in [6, 6.07) is 4.78. The summed E-state index contributed by atoms with van der Waals surface area (Å²) < 4.78 is 15.5. The van der Waals surface area contributed by atoms with E-state index in [-0.39, 0.29) is 24.1 Å². The van der Waals surface area contributed by atoms with Crippen molar-refractivity contribution in [2.45, 2.75) is 51.7 Å². The van der Waals surface area contributed by atoms with Crippen LogP contribution in [0.2, 0.25) is 0 Å². The molecule has 170 valence electrons. The monoisotopic (exact) mass is 432 g/mol. The highest BCUT2D eigenvalue weighted by molar-refractivity contribution is 5.97. The second-order valence-corrected chi connectivity index (χ2v) is 8.55. The summed E-state index contributed by atoms with van der Waals surface area (Å²) >= 11 is 0. The molecule has 5 atom stereocenters. The molecule has 0 aliphatic heterocycles. The van der Waals surface area contributed by atoms with E-state index in [2.05, 4.69) is 10.6 Å². The zero-order chi connectivity index (χ0) is 22.5. The minimum Gasteiger partial charge on any atom is -0.497 e. The first-order valence-electron chi connectivity index (χ1n) is 10.8. The van der Waals surface area contributed by atoms with Gasteiger partial charge in [-0.3, -0.25) is 14.4 Å². The highest BCUT2D eigenvalue weighted by Gasteiger charge is 2.42. The Balaban J connectivity index is 1.44. The van der Waals surface area contributed by atoms with E-state index < -0.39 is 18.0 Å². The highest BCUT2D eigenvalue weighted by Crippen LogP contribution is 2.49. The van der Waals surface area contributed by atoms with Crippen LogP contribution in [0.15, 0.2) is 18.2 Å². The van der Waals surface area contributed by atoms with Gasteiger partial charge in [-0.05, 0) is 63.0 Å². The molecule has 8 heteroatoms. The Morgan fingerprint density at radius 3 is 2.26 bits per heavy atom. The van der Waals surface area contributed by atoms with E-state index in [4.69, 9.17) is 14.2 Å². The predicted molar refractivity (Wildman–Crippen MR) is 114 cm³/mol. The number of rotatable bonds is 9. The largest absolute Gasteiger partial charge is 0.497 e. The molecule has 2 aliphatic carbocycles. The molecule has 0 heterocycles. The van der Waals surface area contributed by atoms with Crippen LogP contribution in [0.5, 0.6) is 11.5 Å². The molecule has 0 spiro atoms. The van der Waals surface area contributed by atoms with Gasteiger partial charge in [0.2, 0.25) is 0 Å². The summed E-state index contributed by atoms with van der Waals surface area (Å²) in [6.45, 7) is 3.22. The molecular weight excluding hydrogens is 400 g/mol. The standard InChI is InChI=1S/C23H32N2O6/c1-13(20-8-15-5-6-16(20)7-15)25-22(27)14(2)31-21(26)12-24-23(28)17-9-18(29-3)11-19(10-17)30-4/h9-11,13-16,20H,5-8,12H2,1-4H3,(H,24,28)(H,25,27)/t13-,14+,15-,16-,20-/m0/s1. The second kappa shape index (κ2) is 10.0. The number of benzene rings is 1. The number of hydrogen-bond acceptors (Lipinski definition) is 6. The summed E-state index contributed by atoms with van der Waals surface area (Å²) in [6.07, 6.45) is 4.07. The molecule has 0 radical (unpaired) electrons. The van der Waals surface area contributed by atoms with Crippen LogP contribution in [0.3, 0.4) is 0 Å². The van der Waals surface area contributed by atoms with Crippen molar-refractivity contribution < 1.29 is 28.6 Å². The van der Waals surface area contributed by atoms with Crippen LogP contribution in [-0.2, 0) is 14.3 Å². The molecule has 1 aromatic carbocycles. The molecule has 0 saturated heterocycles. The van der Waals surface area contributed by atoms with Gasteiger partial charge in [0.15, 0.2) is 6.10 Å². The van der Waals surface area contributed by atoms with Crippen LogP contribution >= 0.6 is 0 Å². The fraction of sp³-hybridized carbons (Fsp3) is 0.609. The van der Waals surface area contributed by atoms with E-state index in [0.717, 1.165) is 5.92 Å². The van der Waals surface area contributed by atoms with Crippen LogP contribution in [0, 0.1) is 17.8 Å². The van der Waals surface area contributed by atoms with Gasteiger partial charge in [0, 0.05) is 17.7 Å². The van der Waals surface area contributed by atoms with Gasteiger partial charge in [0.05, 0.1) is 14.2 Å². The molecule has 2 aliphatic rings. The van der Waals surface area contributed by atoms with Gasteiger partial charge in [0.25, 0.3) is 11.8 Å². The van der Waals surface area contributed by atoms with Crippen molar-refractivity contribution in [3.05, 3.63) is 23.8 Å². The van der Waals surface area contributed by atoms with Gasteiger partial charge in [-0.1, -0.05) is 6.42 Å². The molecule has 0 aromatic heterocycles. The van der Waals surface area contributed by atoms with E-state index in [1.807, 2.05) is 6.92 Å². The first-order valence-corrected chi connectivity index (χ1v) is 10.8. The summed E-state index contributed by atoms with van der Waals surface area (Å²) in [5, 5.41) is 5.49. The zero-order valence-corrected chi connectivity index (χ0v) is 18.6. The average Bonchev–Trinajstić information content (AvgIpc) is 3.40. The number of carbonyl (C=O) groups is 3. The van der Waals surface area contributed by atoms with Crippen LogP contribution in [0.1, 0.15) is 49.9 Å². The van der Waals surface area contributed by atoms with Gasteiger partial charge in [-0.2, -0.15) is 0 Å². The molecule has 2 N–H and O–H groups in total. The van der Waals surface area contributed by atoms with E-state index in [1.54, 1.807) is 6.07 Å². The molecule has 2 amide bonds. The third kappa shape index (κ3) is 5.68. The summed E-state index contributed by atoms with van der Waals surface area (Å²) in [4.78, 5) is 36.9. The molecule has 0 unspecified atom stereocenters. The Hall–Kier alpha value is -2.77. The molecule has 3 rings (SSSR count). The molecule has 8 nitrogen and oxygen atoms in total. The van der Waals surface area contributed by atoms with Crippen LogP contribution < -0.4 is 20.1 Å². The zero-order valence-electron chi connectivity index (χ0n) is 18.6. The average molecular weight is 433 g/mol. The maximum Gasteiger partial charge on any atom is 0.326 e. The van der Waals surface area contributed by atoms with E-state index in [9.17, 15) is 14.4 Å². The molecule has 31 heavy (non-hydrogen) atoms. The topological polar surface area (TPSA) is 103 Å². The molecule has 2 bridgehead atoms. The fourth-order valence-corrected chi connectivity index (χ4v) is 4.84. The molecular formula is C23H32N2O6. The lowest BCUT2D eigenvalue weighted by atomic mass is 9.84. The number of ether oxygens (including phenoxy) is 3. The summed E-state index contributed by atoms with van der Waals surface area (Å²) in [7, 11) is 2.97. The number of fused-ring (bicyclic) bond motifs is 2. The van der Waals surface area contributed by atoms with Gasteiger partial charge in [-0.15, -0.1) is 0 Å². The Morgan fingerprint density at radius 2 is 1.71 bits per heavy atom. The minimum atomic E-state index is -0.928. The van der Waals surface area contributed by atoms with E-state index >= 15 is 0 Å². The molecule has 2 saturated carbocycles. The van der Waals surface area contributed by atoms with Crippen molar-refractivity contribution in [2.24, 2.45) is 17.8 Å². The third-order valence-electron chi connectivity index (χ3n) is 6.49. The maximum absolute atomic E-state index is 12.4. The van der Waals surface area contributed by atoms with Gasteiger partial charge < -0.3 is 24.8 Å². The lowest BCUT2D eigenvalue weighted by molar-refractivity contribution is -0.154. The van der Waals surface area contributed by atoms with Crippen molar-refractivity contribution in [3.8, 4) is 11.5 Å². The lowest BCUT2D eigenvalue weighted by Crippen LogP contribution is -2.45. The SMILES string of the molecule is COc1cc(OC)cc(C(=O)NCC(=O)O[C@H](C)C(=O)N[C@@H](C)[C@@H]2C[C@H]3CC[C@H]2C3)c1. The number of methoxy groups -OCH3 is 2. The molecule has 1 aromatic rings. The van der Waals surface area contributed by atoms with Gasteiger partial charge in [-0.25, -0.2) is 0 Å². The Labute approximate surface area is 183 Å². The number of carbonyl (C=O) groups excluding carboxylic acids is 3. The predicted octanol–water partition coefficient (Wildman–Crippen LogP) is 2.31. The van der Waals surface area contributed by atoms with Crippen molar-refractivity contribution in [3.63, 3.8) is 0 Å². The highest BCUT2D eigenvalue weighted by atomic mass is 16.5. The second-order valence-electron chi connectivity index (χ2n) is 8.55. The fourth-order valence-electron chi connectivity index (χ4n) is 4.84. The van der Waals surface area contributed by atoms with Crippen molar-refractivity contribution in [2.75, 3.05) is 20.8 Å².